The Labute approximate surface area is 149 Å². The number of hydrogen-bond donors (Lipinski definition) is 0. The first-order valence-corrected chi connectivity index (χ1v) is 7.74. The van der Waals surface area contributed by atoms with E-state index in [0.717, 1.165) is 16.8 Å². The Balaban J connectivity index is 1.64. The van der Waals surface area contributed by atoms with Crippen LogP contribution in [0.4, 0.5) is 13.2 Å². The molecule has 0 saturated carbocycles. The average molecular weight is 373 g/mol. The van der Waals surface area contributed by atoms with Crippen LogP contribution in [-0.2, 0) is 12.7 Å². The van der Waals surface area contributed by atoms with Crippen LogP contribution >= 0.6 is 0 Å². The number of alkyl halides is 3. The molecule has 136 valence electrons. The topological polar surface area (TPSA) is 86.7 Å². The van der Waals surface area contributed by atoms with Crippen molar-refractivity contribution in [2.75, 3.05) is 0 Å². The van der Waals surface area contributed by atoms with Gasteiger partial charge in [0.2, 0.25) is 11.7 Å². The predicted octanol–water partition coefficient (Wildman–Crippen LogP) is 2.91. The first kappa shape index (κ1) is 16.9. The number of benzene rings is 2. The SMILES string of the molecule is O=c1c2ccccc2nnn1Cc1nc(-c2cccc(C(F)(F)F)c2)no1. The maximum absolute atomic E-state index is 12.8. The minimum absolute atomic E-state index is 0.0158. The molecule has 10 heteroatoms. The summed E-state index contributed by atoms with van der Waals surface area (Å²) in [7, 11) is 0. The maximum atomic E-state index is 12.8. The normalized spacial score (nSPS) is 11.8. The summed E-state index contributed by atoms with van der Waals surface area (Å²) in [6.07, 6.45) is -4.48. The van der Waals surface area contributed by atoms with Gasteiger partial charge < -0.3 is 4.52 Å². The molecular formula is C17H10F3N5O2. The number of fused-ring (bicyclic) bond motifs is 1. The molecule has 2 heterocycles. The van der Waals surface area contributed by atoms with E-state index in [1.54, 1.807) is 24.3 Å². The lowest BCUT2D eigenvalue weighted by Gasteiger charge is -2.06. The van der Waals surface area contributed by atoms with Crippen LogP contribution in [0.25, 0.3) is 22.3 Å². The van der Waals surface area contributed by atoms with Crippen molar-refractivity contribution in [1.82, 2.24) is 25.1 Å². The molecule has 0 aliphatic carbocycles. The van der Waals surface area contributed by atoms with Gasteiger partial charge in [-0.25, -0.2) is 4.68 Å². The molecule has 0 aliphatic rings. The van der Waals surface area contributed by atoms with Crippen LogP contribution < -0.4 is 5.56 Å². The quantitative estimate of drug-likeness (QED) is 0.549. The third-order valence-electron chi connectivity index (χ3n) is 3.83. The number of aromatic nitrogens is 5. The van der Waals surface area contributed by atoms with Crippen molar-refractivity contribution >= 4 is 10.9 Å². The Bertz CT molecular complexity index is 1180. The minimum atomic E-state index is -4.48. The zero-order valence-corrected chi connectivity index (χ0v) is 13.5. The van der Waals surface area contributed by atoms with E-state index in [-0.39, 0.29) is 29.4 Å². The van der Waals surface area contributed by atoms with E-state index in [2.05, 4.69) is 20.5 Å². The standard InChI is InChI=1S/C17H10F3N5O2/c18-17(19,20)11-5-3-4-10(8-11)15-21-14(27-23-15)9-25-16(26)12-6-1-2-7-13(12)22-24-25/h1-8H,9H2. The van der Waals surface area contributed by atoms with Crippen molar-refractivity contribution < 1.29 is 17.7 Å². The molecule has 0 radical (unpaired) electrons. The van der Waals surface area contributed by atoms with E-state index >= 15 is 0 Å². The molecule has 0 N–H and O–H groups in total. The molecule has 0 aliphatic heterocycles. The van der Waals surface area contributed by atoms with E-state index < -0.39 is 11.7 Å². The molecule has 0 bridgehead atoms. The van der Waals surface area contributed by atoms with E-state index in [1.807, 2.05) is 0 Å². The molecule has 0 fully saturated rings. The van der Waals surface area contributed by atoms with Crippen LogP contribution in [-0.4, -0.2) is 25.1 Å². The molecule has 4 rings (SSSR count). The van der Waals surface area contributed by atoms with Gasteiger partial charge in [-0.05, 0) is 24.3 Å². The maximum Gasteiger partial charge on any atom is 0.416 e. The highest BCUT2D eigenvalue weighted by Gasteiger charge is 2.30. The molecule has 7 nitrogen and oxygen atoms in total. The first-order chi connectivity index (χ1) is 12.9. The minimum Gasteiger partial charge on any atom is -0.337 e. The average Bonchev–Trinajstić information content (AvgIpc) is 3.12. The fraction of sp³-hybridized carbons (Fsp3) is 0.118. The van der Waals surface area contributed by atoms with Crippen LogP contribution in [0.15, 0.2) is 57.8 Å². The van der Waals surface area contributed by atoms with Crippen molar-refractivity contribution in [2.24, 2.45) is 0 Å². The van der Waals surface area contributed by atoms with Crippen LogP contribution in [0.5, 0.6) is 0 Å². The summed E-state index contributed by atoms with van der Waals surface area (Å²) in [5.41, 5.74) is -0.604. The highest BCUT2D eigenvalue weighted by Crippen LogP contribution is 2.31. The third-order valence-corrected chi connectivity index (χ3v) is 3.83. The number of nitrogens with zero attached hydrogens (tertiary/aromatic N) is 5. The van der Waals surface area contributed by atoms with Crippen molar-refractivity contribution in [2.45, 2.75) is 12.7 Å². The lowest BCUT2D eigenvalue weighted by Crippen LogP contribution is -2.24. The van der Waals surface area contributed by atoms with Gasteiger partial charge in [0.15, 0.2) is 0 Å². The van der Waals surface area contributed by atoms with Gasteiger partial charge in [0, 0.05) is 5.56 Å². The Morgan fingerprint density at radius 2 is 1.89 bits per heavy atom. The predicted molar refractivity (Wildman–Crippen MR) is 87.6 cm³/mol. The Morgan fingerprint density at radius 3 is 2.70 bits per heavy atom. The van der Waals surface area contributed by atoms with Gasteiger partial charge in [0.05, 0.1) is 10.9 Å². The Morgan fingerprint density at radius 1 is 1.07 bits per heavy atom. The summed E-state index contributed by atoms with van der Waals surface area (Å²) in [6, 6.07) is 11.3. The van der Waals surface area contributed by atoms with E-state index in [0.29, 0.717) is 10.9 Å². The van der Waals surface area contributed by atoms with E-state index in [4.69, 9.17) is 4.52 Å². The van der Waals surface area contributed by atoms with Gasteiger partial charge in [-0.15, -0.1) is 5.10 Å². The molecule has 0 spiro atoms. The summed E-state index contributed by atoms with van der Waals surface area (Å²) >= 11 is 0. The summed E-state index contributed by atoms with van der Waals surface area (Å²) in [5, 5.41) is 11.8. The molecule has 0 atom stereocenters. The smallest absolute Gasteiger partial charge is 0.337 e. The zero-order valence-electron chi connectivity index (χ0n) is 13.5. The number of halogens is 3. The second-order valence-corrected chi connectivity index (χ2v) is 5.66. The van der Waals surface area contributed by atoms with Crippen LogP contribution in [0.3, 0.4) is 0 Å². The Hall–Kier alpha value is -3.56. The molecule has 0 amide bonds. The summed E-state index contributed by atoms with van der Waals surface area (Å²) in [6.45, 7) is -0.150. The molecule has 4 aromatic rings. The summed E-state index contributed by atoms with van der Waals surface area (Å²) in [5.74, 6) is 0.00647. The highest BCUT2D eigenvalue weighted by atomic mass is 19.4. The third kappa shape index (κ3) is 3.28. The van der Waals surface area contributed by atoms with Gasteiger partial charge in [0.1, 0.15) is 12.1 Å². The van der Waals surface area contributed by atoms with E-state index in [9.17, 15) is 18.0 Å². The van der Waals surface area contributed by atoms with Crippen LogP contribution in [0.1, 0.15) is 11.5 Å². The first-order valence-electron chi connectivity index (χ1n) is 7.74. The van der Waals surface area contributed by atoms with Gasteiger partial charge in [-0.3, -0.25) is 4.79 Å². The molecule has 2 aromatic heterocycles. The van der Waals surface area contributed by atoms with Crippen LogP contribution in [0.2, 0.25) is 0 Å². The largest absolute Gasteiger partial charge is 0.416 e. The van der Waals surface area contributed by atoms with Gasteiger partial charge in [0.25, 0.3) is 5.56 Å². The van der Waals surface area contributed by atoms with Crippen molar-refractivity contribution in [3.63, 3.8) is 0 Å². The molecule has 27 heavy (non-hydrogen) atoms. The van der Waals surface area contributed by atoms with Crippen molar-refractivity contribution in [3.05, 3.63) is 70.3 Å². The highest BCUT2D eigenvalue weighted by molar-refractivity contribution is 5.76. The number of rotatable bonds is 3. The van der Waals surface area contributed by atoms with E-state index in [1.165, 1.54) is 12.1 Å². The van der Waals surface area contributed by atoms with Gasteiger partial charge in [-0.1, -0.05) is 34.6 Å². The zero-order chi connectivity index (χ0) is 19.0. The molecular weight excluding hydrogens is 363 g/mol. The van der Waals surface area contributed by atoms with Crippen molar-refractivity contribution in [1.29, 1.82) is 0 Å². The molecule has 0 saturated heterocycles. The number of hydrogen-bond acceptors (Lipinski definition) is 6. The second-order valence-electron chi connectivity index (χ2n) is 5.66. The van der Waals surface area contributed by atoms with Crippen LogP contribution in [0, 0.1) is 0 Å². The summed E-state index contributed by atoms with van der Waals surface area (Å²) < 4.78 is 44.6. The lowest BCUT2D eigenvalue weighted by atomic mass is 10.1. The second kappa shape index (κ2) is 6.31. The summed E-state index contributed by atoms with van der Waals surface area (Å²) in [4.78, 5) is 16.5. The fourth-order valence-electron chi connectivity index (χ4n) is 2.53. The van der Waals surface area contributed by atoms with Gasteiger partial charge >= 0.3 is 6.18 Å². The lowest BCUT2D eigenvalue weighted by molar-refractivity contribution is -0.137. The van der Waals surface area contributed by atoms with Crippen molar-refractivity contribution in [3.8, 4) is 11.4 Å². The Kier molecular flexibility index (Phi) is 3.94. The molecule has 2 aromatic carbocycles. The fourth-order valence-corrected chi connectivity index (χ4v) is 2.53. The van der Waals surface area contributed by atoms with Gasteiger partial charge in [-0.2, -0.15) is 18.2 Å². The monoisotopic (exact) mass is 373 g/mol. The molecule has 0 unspecified atom stereocenters.